The highest BCUT2D eigenvalue weighted by atomic mass is 16.5. The number of carboxylic acids is 1. The van der Waals surface area contributed by atoms with Gasteiger partial charge in [0.1, 0.15) is 11.3 Å². The lowest BCUT2D eigenvalue weighted by Gasteiger charge is -2.11. The summed E-state index contributed by atoms with van der Waals surface area (Å²) in [7, 11) is 3.35. The molecular weight excluding hydrogens is 258 g/mol. The summed E-state index contributed by atoms with van der Waals surface area (Å²) < 4.78 is 6.72. The summed E-state index contributed by atoms with van der Waals surface area (Å²) in [5.74, 6) is -0.179. The zero-order valence-corrected chi connectivity index (χ0v) is 11.7. The minimum atomic E-state index is -0.971. The number of methoxy groups -OCH3 is 1. The Morgan fingerprint density at radius 1 is 1.50 bits per heavy atom. The second-order valence-electron chi connectivity index (χ2n) is 4.47. The average Bonchev–Trinajstić information content (AvgIpc) is 2.78. The molecule has 6 nitrogen and oxygen atoms in total. The van der Waals surface area contributed by atoms with Crippen molar-refractivity contribution in [2.24, 2.45) is 7.05 Å². The first-order valence-corrected chi connectivity index (χ1v) is 6.15. The maximum atomic E-state index is 11.1. The number of anilines is 1. The predicted molar refractivity (Wildman–Crippen MR) is 75.2 cm³/mol. The first kappa shape index (κ1) is 13.9. The zero-order chi connectivity index (χ0) is 14.7. The minimum absolute atomic E-state index is 0.214. The van der Waals surface area contributed by atoms with Gasteiger partial charge in [0.2, 0.25) is 0 Å². The number of aromatic carboxylic acids is 1. The molecule has 20 heavy (non-hydrogen) atoms. The number of carbonyl (C=O) groups is 1. The quantitative estimate of drug-likeness (QED) is 0.873. The lowest BCUT2D eigenvalue weighted by atomic mass is 10.2. The third-order valence-electron chi connectivity index (χ3n) is 3.17. The van der Waals surface area contributed by atoms with E-state index in [2.05, 4.69) is 10.4 Å². The molecule has 0 saturated carbocycles. The fourth-order valence-corrected chi connectivity index (χ4v) is 1.99. The molecule has 6 heteroatoms. The van der Waals surface area contributed by atoms with Crippen LogP contribution in [0.4, 0.5) is 5.69 Å². The van der Waals surface area contributed by atoms with Crippen molar-refractivity contribution in [3.63, 3.8) is 0 Å². The Hall–Kier alpha value is -2.50. The Kier molecular flexibility index (Phi) is 3.93. The van der Waals surface area contributed by atoms with E-state index in [-0.39, 0.29) is 5.56 Å². The fraction of sp³-hybridized carbons (Fsp3) is 0.286. The van der Waals surface area contributed by atoms with E-state index >= 15 is 0 Å². The standard InChI is InChI=1S/C14H17N3O3/c1-9-6-10(20-3)4-5-12(9)15-8-13-11(14(18)19)7-16-17(13)2/h4-7,15H,8H2,1-3H3,(H,18,19). The number of benzene rings is 1. The SMILES string of the molecule is COc1ccc(NCc2c(C(=O)O)cnn2C)c(C)c1. The van der Waals surface area contributed by atoms with Crippen LogP contribution >= 0.6 is 0 Å². The van der Waals surface area contributed by atoms with Gasteiger partial charge in [0.15, 0.2) is 0 Å². The highest BCUT2D eigenvalue weighted by molar-refractivity contribution is 5.88. The molecule has 0 unspecified atom stereocenters. The van der Waals surface area contributed by atoms with Gasteiger partial charge in [-0.05, 0) is 30.7 Å². The number of nitrogens with zero attached hydrogens (tertiary/aromatic N) is 2. The fourth-order valence-electron chi connectivity index (χ4n) is 1.99. The Labute approximate surface area is 117 Å². The van der Waals surface area contributed by atoms with Crippen molar-refractivity contribution in [3.05, 3.63) is 41.2 Å². The molecule has 0 amide bonds. The molecule has 0 aliphatic carbocycles. The number of aromatic nitrogens is 2. The Balaban J connectivity index is 2.17. The number of nitrogens with one attached hydrogen (secondary N) is 1. The van der Waals surface area contributed by atoms with Crippen molar-refractivity contribution in [1.29, 1.82) is 0 Å². The second-order valence-corrected chi connectivity index (χ2v) is 4.47. The summed E-state index contributed by atoms with van der Waals surface area (Å²) in [6.45, 7) is 2.36. The number of hydrogen-bond donors (Lipinski definition) is 2. The maximum absolute atomic E-state index is 11.1. The molecule has 2 N–H and O–H groups in total. The van der Waals surface area contributed by atoms with Gasteiger partial charge in [-0.15, -0.1) is 0 Å². The van der Waals surface area contributed by atoms with Gasteiger partial charge in [-0.1, -0.05) is 0 Å². The monoisotopic (exact) mass is 275 g/mol. The summed E-state index contributed by atoms with van der Waals surface area (Å²) in [4.78, 5) is 11.1. The summed E-state index contributed by atoms with van der Waals surface area (Å²) in [5.41, 5.74) is 2.81. The largest absolute Gasteiger partial charge is 0.497 e. The van der Waals surface area contributed by atoms with Crippen LogP contribution in [0.2, 0.25) is 0 Å². The van der Waals surface area contributed by atoms with Gasteiger partial charge >= 0.3 is 5.97 Å². The summed E-state index contributed by atoms with van der Waals surface area (Å²) >= 11 is 0. The van der Waals surface area contributed by atoms with Crippen LogP contribution in [0.25, 0.3) is 0 Å². The Morgan fingerprint density at radius 2 is 2.25 bits per heavy atom. The van der Waals surface area contributed by atoms with E-state index in [1.54, 1.807) is 18.8 Å². The summed E-state index contributed by atoms with van der Waals surface area (Å²) in [6.07, 6.45) is 1.36. The van der Waals surface area contributed by atoms with E-state index in [1.807, 2.05) is 25.1 Å². The van der Waals surface area contributed by atoms with Gasteiger partial charge in [-0.25, -0.2) is 4.79 Å². The van der Waals surface area contributed by atoms with E-state index < -0.39 is 5.97 Å². The molecule has 1 heterocycles. The van der Waals surface area contributed by atoms with Crippen molar-refractivity contribution < 1.29 is 14.6 Å². The summed E-state index contributed by atoms with van der Waals surface area (Å²) in [6, 6.07) is 5.69. The number of carboxylic acid groups (broad SMARTS) is 1. The van der Waals surface area contributed by atoms with Gasteiger partial charge in [0.05, 0.1) is 25.5 Å². The van der Waals surface area contributed by atoms with Gasteiger partial charge in [0.25, 0.3) is 0 Å². The van der Waals surface area contributed by atoms with E-state index in [9.17, 15) is 4.79 Å². The lowest BCUT2D eigenvalue weighted by Crippen LogP contribution is -2.10. The highest BCUT2D eigenvalue weighted by Crippen LogP contribution is 2.22. The third-order valence-corrected chi connectivity index (χ3v) is 3.17. The molecular formula is C14H17N3O3. The third kappa shape index (κ3) is 2.74. The average molecular weight is 275 g/mol. The van der Waals surface area contributed by atoms with Crippen LogP contribution < -0.4 is 10.1 Å². The van der Waals surface area contributed by atoms with Crippen molar-refractivity contribution in [3.8, 4) is 5.75 Å². The molecule has 0 saturated heterocycles. The molecule has 0 spiro atoms. The smallest absolute Gasteiger partial charge is 0.339 e. The van der Waals surface area contributed by atoms with Crippen LogP contribution in [0, 0.1) is 6.92 Å². The maximum Gasteiger partial charge on any atom is 0.339 e. The predicted octanol–water partition coefficient (Wildman–Crippen LogP) is 2.05. The Morgan fingerprint density at radius 3 is 2.85 bits per heavy atom. The molecule has 2 aromatic rings. The first-order valence-electron chi connectivity index (χ1n) is 6.15. The lowest BCUT2D eigenvalue weighted by molar-refractivity contribution is 0.0695. The van der Waals surface area contributed by atoms with Crippen LogP contribution in [0.5, 0.6) is 5.75 Å². The van der Waals surface area contributed by atoms with Crippen LogP contribution in [-0.2, 0) is 13.6 Å². The molecule has 0 aliphatic heterocycles. The number of ether oxygens (including phenoxy) is 1. The Bertz CT molecular complexity index is 635. The normalized spacial score (nSPS) is 10.3. The summed E-state index contributed by atoms with van der Waals surface area (Å²) in [5, 5.41) is 16.3. The topological polar surface area (TPSA) is 76.4 Å². The molecule has 0 bridgehead atoms. The molecule has 106 valence electrons. The molecule has 0 atom stereocenters. The zero-order valence-electron chi connectivity index (χ0n) is 11.7. The minimum Gasteiger partial charge on any atom is -0.497 e. The van der Waals surface area contributed by atoms with Crippen molar-refractivity contribution in [1.82, 2.24) is 9.78 Å². The molecule has 0 aliphatic rings. The van der Waals surface area contributed by atoms with Gasteiger partial charge in [-0.3, -0.25) is 4.68 Å². The van der Waals surface area contributed by atoms with Crippen LogP contribution in [0.3, 0.4) is 0 Å². The van der Waals surface area contributed by atoms with Crippen LogP contribution in [0.1, 0.15) is 21.6 Å². The van der Waals surface area contributed by atoms with Crippen LogP contribution in [0.15, 0.2) is 24.4 Å². The van der Waals surface area contributed by atoms with E-state index in [4.69, 9.17) is 9.84 Å². The van der Waals surface area contributed by atoms with Gasteiger partial charge in [0, 0.05) is 12.7 Å². The van der Waals surface area contributed by atoms with E-state index in [1.165, 1.54) is 6.20 Å². The number of rotatable bonds is 5. The molecule has 1 aromatic carbocycles. The van der Waals surface area contributed by atoms with Gasteiger partial charge in [-0.2, -0.15) is 5.10 Å². The highest BCUT2D eigenvalue weighted by Gasteiger charge is 2.14. The van der Waals surface area contributed by atoms with E-state index in [0.29, 0.717) is 12.2 Å². The number of aryl methyl sites for hydroxylation is 2. The van der Waals surface area contributed by atoms with Crippen molar-refractivity contribution >= 4 is 11.7 Å². The van der Waals surface area contributed by atoms with Crippen LogP contribution in [-0.4, -0.2) is 28.0 Å². The molecule has 1 aromatic heterocycles. The van der Waals surface area contributed by atoms with E-state index in [0.717, 1.165) is 17.0 Å². The van der Waals surface area contributed by atoms with Gasteiger partial charge < -0.3 is 15.2 Å². The second kappa shape index (κ2) is 5.64. The van der Waals surface area contributed by atoms with Crippen molar-refractivity contribution in [2.75, 3.05) is 12.4 Å². The first-order chi connectivity index (χ1) is 9.52. The van der Waals surface area contributed by atoms with Crippen molar-refractivity contribution in [2.45, 2.75) is 13.5 Å². The molecule has 0 fully saturated rings. The number of hydrogen-bond acceptors (Lipinski definition) is 4. The molecule has 0 radical (unpaired) electrons. The molecule has 2 rings (SSSR count).